The summed E-state index contributed by atoms with van der Waals surface area (Å²) in [4.78, 5) is 2.39. The van der Waals surface area contributed by atoms with Gasteiger partial charge in [0, 0.05) is 30.2 Å². The van der Waals surface area contributed by atoms with E-state index in [1.165, 1.54) is 12.1 Å². The molecular weight excluding hydrogens is 314 g/mol. The van der Waals surface area contributed by atoms with Crippen LogP contribution in [0.3, 0.4) is 0 Å². The number of rotatable bonds is 4. The minimum absolute atomic E-state index is 0.184. The lowest BCUT2D eigenvalue weighted by Crippen LogP contribution is -2.36. The highest BCUT2D eigenvalue weighted by Gasteiger charge is 2.15. The van der Waals surface area contributed by atoms with Crippen molar-refractivity contribution in [1.29, 1.82) is 0 Å². The van der Waals surface area contributed by atoms with Crippen molar-refractivity contribution in [3.05, 3.63) is 48.5 Å². The summed E-state index contributed by atoms with van der Waals surface area (Å²) in [7, 11) is -3.61. The fraction of sp³-hybridized carbons (Fsp3) is 0.250. The molecule has 0 aliphatic carbocycles. The van der Waals surface area contributed by atoms with E-state index in [1.807, 2.05) is 12.1 Å². The van der Waals surface area contributed by atoms with Crippen molar-refractivity contribution in [2.45, 2.75) is 4.90 Å². The van der Waals surface area contributed by atoms with E-state index in [0.29, 0.717) is 24.6 Å². The van der Waals surface area contributed by atoms with E-state index in [4.69, 9.17) is 10.5 Å². The number of nitrogens with zero attached hydrogens (tertiary/aromatic N) is 1. The molecule has 0 atom stereocenters. The standard InChI is InChI=1S/C16H19N3O3S/c17-13-1-7-16(8-2-13)23(20,21)18-14-3-5-15(6-4-14)19-9-11-22-12-10-19/h1-8,18H,9-12,17H2. The summed E-state index contributed by atoms with van der Waals surface area (Å²) in [5, 5.41) is 0. The quantitative estimate of drug-likeness (QED) is 0.835. The first-order chi connectivity index (χ1) is 11.0. The Balaban J connectivity index is 1.73. The van der Waals surface area contributed by atoms with Gasteiger partial charge in [-0.2, -0.15) is 0 Å². The van der Waals surface area contributed by atoms with Crippen LogP contribution in [0.25, 0.3) is 0 Å². The summed E-state index contributed by atoms with van der Waals surface area (Å²) in [6.45, 7) is 3.12. The topological polar surface area (TPSA) is 84.7 Å². The molecule has 0 aromatic heterocycles. The molecule has 0 bridgehead atoms. The molecule has 1 aliphatic rings. The number of hydrogen-bond donors (Lipinski definition) is 2. The van der Waals surface area contributed by atoms with Crippen LogP contribution in [0.15, 0.2) is 53.4 Å². The van der Waals surface area contributed by atoms with Crippen LogP contribution in [-0.2, 0) is 14.8 Å². The largest absolute Gasteiger partial charge is 0.399 e. The number of nitrogen functional groups attached to an aromatic ring is 1. The van der Waals surface area contributed by atoms with Gasteiger partial charge in [0.2, 0.25) is 0 Å². The Morgan fingerprint density at radius 3 is 2.17 bits per heavy atom. The van der Waals surface area contributed by atoms with Crippen molar-refractivity contribution < 1.29 is 13.2 Å². The van der Waals surface area contributed by atoms with Gasteiger partial charge in [0.1, 0.15) is 0 Å². The highest BCUT2D eigenvalue weighted by Crippen LogP contribution is 2.21. The first-order valence-electron chi connectivity index (χ1n) is 7.36. The minimum Gasteiger partial charge on any atom is -0.399 e. The average molecular weight is 333 g/mol. The van der Waals surface area contributed by atoms with Crippen molar-refractivity contribution >= 4 is 27.1 Å². The zero-order valence-electron chi connectivity index (χ0n) is 12.6. The molecular formula is C16H19N3O3S. The molecule has 1 heterocycles. The fourth-order valence-corrected chi connectivity index (χ4v) is 3.48. The monoisotopic (exact) mass is 333 g/mol. The molecule has 3 rings (SSSR count). The van der Waals surface area contributed by atoms with Crippen LogP contribution < -0.4 is 15.4 Å². The Morgan fingerprint density at radius 1 is 0.957 bits per heavy atom. The van der Waals surface area contributed by atoms with E-state index >= 15 is 0 Å². The van der Waals surface area contributed by atoms with Gasteiger partial charge >= 0.3 is 0 Å². The number of morpholine rings is 1. The van der Waals surface area contributed by atoms with Gasteiger partial charge in [0.05, 0.1) is 18.1 Å². The van der Waals surface area contributed by atoms with Crippen LogP contribution in [0.5, 0.6) is 0 Å². The molecule has 1 aliphatic heterocycles. The molecule has 1 saturated heterocycles. The van der Waals surface area contributed by atoms with Crippen molar-refractivity contribution in [3.8, 4) is 0 Å². The van der Waals surface area contributed by atoms with Crippen molar-refractivity contribution in [1.82, 2.24) is 0 Å². The van der Waals surface area contributed by atoms with E-state index in [0.717, 1.165) is 18.8 Å². The molecule has 0 amide bonds. The number of hydrogen-bond acceptors (Lipinski definition) is 5. The summed E-state index contributed by atoms with van der Waals surface area (Å²) in [5.74, 6) is 0. The van der Waals surface area contributed by atoms with E-state index in [1.54, 1.807) is 24.3 Å². The van der Waals surface area contributed by atoms with E-state index in [9.17, 15) is 8.42 Å². The van der Waals surface area contributed by atoms with Crippen LogP contribution in [0.4, 0.5) is 17.1 Å². The van der Waals surface area contributed by atoms with Crippen LogP contribution in [0.1, 0.15) is 0 Å². The smallest absolute Gasteiger partial charge is 0.261 e. The summed E-state index contributed by atoms with van der Waals surface area (Å²) in [5.41, 5.74) is 7.69. The third-order valence-electron chi connectivity index (χ3n) is 3.69. The van der Waals surface area contributed by atoms with Crippen LogP contribution in [0.2, 0.25) is 0 Å². The Morgan fingerprint density at radius 2 is 1.57 bits per heavy atom. The number of anilines is 3. The number of sulfonamides is 1. The second-order valence-corrected chi connectivity index (χ2v) is 7.00. The minimum atomic E-state index is -3.61. The Kier molecular flexibility index (Phi) is 4.40. The van der Waals surface area contributed by atoms with Gasteiger partial charge in [-0.25, -0.2) is 8.42 Å². The molecule has 23 heavy (non-hydrogen) atoms. The van der Waals surface area contributed by atoms with E-state index in [-0.39, 0.29) is 4.90 Å². The third kappa shape index (κ3) is 3.75. The number of benzene rings is 2. The molecule has 2 aromatic carbocycles. The van der Waals surface area contributed by atoms with Gasteiger partial charge in [-0.1, -0.05) is 0 Å². The molecule has 0 saturated carbocycles. The summed E-state index contributed by atoms with van der Waals surface area (Å²) in [6.07, 6.45) is 0. The predicted molar refractivity (Wildman–Crippen MR) is 91.1 cm³/mol. The summed E-state index contributed by atoms with van der Waals surface area (Å²) < 4.78 is 32.5. The lowest BCUT2D eigenvalue weighted by atomic mass is 10.2. The van der Waals surface area contributed by atoms with Gasteiger partial charge in [-0.15, -0.1) is 0 Å². The molecule has 6 nitrogen and oxygen atoms in total. The lowest BCUT2D eigenvalue weighted by molar-refractivity contribution is 0.122. The second-order valence-electron chi connectivity index (χ2n) is 5.32. The van der Waals surface area contributed by atoms with Crippen LogP contribution >= 0.6 is 0 Å². The van der Waals surface area contributed by atoms with E-state index in [2.05, 4.69) is 9.62 Å². The Bertz CT molecular complexity index is 752. The van der Waals surface area contributed by atoms with E-state index < -0.39 is 10.0 Å². The Labute approximate surface area is 135 Å². The molecule has 122 valence electrons. The zero-order valence-corrected chi connectivity index (χ0v) is 13.4. The molecule has 7 heteroatoms. The number of ether oxygens (including phenoxy) is 1. The lowest BCUT2D eigenvalue weighted by Gasteiger charge is -2.28. The van der Waals surface area contributed by atoms with Gasteiger partial charge in [0.15, 0.2) is 0 Å². The molecule has 2 aromatic rings. The molecule has 0 unspecified atom stereocenters. The van der Waals surface area contributed by atoms with Crippen LogP contribution in [0, 0.1) is 0 Å². The highest BCUT2D eigenvalue weighted by atomic mass is 32.2. The molecule has 1 fully saturated rings. The van der Waals surface area contributed by atoms with Gasteiger partial charge in [0.25, 0.3) is 10.0 Å². The number of nitrogens with two attached hydrogens (primary N) is 1. The molecule has 0 spiro atoms. The molecule has 3 N–H and O–H groups in total. The van der Waals surface area contributed by atoms with Gasteiger partial charge in [-0.3, -0.25) is 4.72 Å². The maximum absolute atomic E-state index is 12.3. The van der Waals surface area contributed by atoms with Crippen LogP contribution in [-0.4, -0.2) is 34.7 Å². The SMILES string of the molecule is Nc1ccc(S(=O)(=O)Nc2ccc(N3CCOCC3)cc2)cc1. The second kappa shape index (κ2) is 6.47. The normalized spacial score (nSPS) is 15.4. The first-order valence-corrected chi connectivity index (χ1v) is 8.84. The first kappa shape index (κ1) is 15.6. The highest BCUT2D eigenvalue weighted by molar-refractivity contribution is 7.92. The van der Waals surface area contributed by atoms with Crippen molar-refractivity contribution in [2.24, 2.45) is 0 Å². The molecule has 0 radical (unpaired) electrons. The summed E-state index contributed by atoms with van der Waals surface area (Å²) in [6, 6.07) is 13.4. The maximum Gasteiger partial charge on any atom is 0.261 e. The number of nitrogens with one attached hydrogen (secondary N) is 1. The predicted octanol–water partition coefficient (Wildman–Crippen LogP) is 1.91. The zero-order chi connectivity index (χ0) is 16.3. The summed E-state index contributed by atoms with van der Waals surface area (Å²) >= 11 is 0. The van der Waals surface area contributed by atoms with Crippen molar-refractivity contribution in [3.63, 3.8) is 0 Å². The van der Waals surface area contributed by atoms with Crippen molar-refractivity contribution in [2.75, 3.05) is 41.7 Å². The van der Waals surface area contributed by atoms with Gasteiger partial charge in [-0.05, 0) is 48.5 Å². The third-order valence-corrected chi connectivity index (χ3v) is 5.08. The Hall–Kier alpha value is -2.25. The average Bonchev–Trinajstić information content (AvgIpc) is 2.56. The fourth-order valence-electron chi connectivity index (χ4n) is 2.42. The van der Waals surface area contributed by atoms with Gasteiger partial charge < -0.3 is 15.4 Å². The maximum atomic E-state index is 12.3.